The maximum absolute atomic E-state index is 5.26. The van der Waals surface area contributed by atoms with Crippen LogP contribution >= 0.6 is 11.3 Å². The Balaban J connectivity index is 2.19. The highest BCUT2D eigenvalue weighted by Gasteiger charge is 2.23. The zero-order chi connectivity index (χ0) is 14.0. The Morgan fingerprint density at radius 2 is 2.00 bits per heavy atom. The van der Waals surface area contributed by atoms with Gasteiger partial charge in [-0.05, 0) is 38.1 Å². The number of nitrogens with zero attached hydrogens (tertiary/aromatic N) is 1. The summed E-state index contributed by atoms with van der Waals surface area (Å²) < 4.78 is 5.26. The Morgan fingerprint density at radius 3 is 2.47 bits per heavy atom. The molecule has 104 valence electrons. The second-order valence-corrected chi connectivity index (χ2v) is 6.34. The zero-order valence-corrected chi connectivity index (χ0v) is 13.0. The molecule has 0 amide bonds. The van der Waals surface area contributed by atoms with Crippen molar-refractivity contribution in [1.82, 2.24) is 10.5 Å². The van der Waals surface area contributed by atoms with E-state index in [1.165, 1.54) is 10.4 Å². The minimum Gasteiger partial charge on any atom is -0.361 e. The molecular weight excluding hydrogens is 256 g/mol. The van der Waals surface area contributed by atoms with Crippen LogP contribution in [0, 0.1) is 19.8 Å². The first-order chi connectivity index (χ1) is 9.00. The third kappa shape index (κ3) is 3.07. The highest BCUT2D eigenvalue weighted by molar-refractivity contribution is 7.10. The molecule has 0 saturated heterocycles. The summed E-state index contributed by atoms with van der Waals surface area (Å²) in [6, 6.07) is 4.91. The van der Waals surface area contributed by atoms with Gasteiger partial charge in [-0.1, -0.05) is 25.1 Å². The number of hydrogen-bond acceptors (Lipinski definition) is 4. The number of aryl methyl sites for hydroxylation is 2. The Kier molecular flexibility index (Phi) is 4.42. The van der Waals surface area contributed by atoms with Gasteiger partial charge >= 0.3 is 0 Å². The summed E-state index contributed by atoms with van der Waals surface area (Å²) in [4.78, 5) is 1.38. The molecule has 1 N–H and O–H groups in total. The van der Waals surface area contributed by atoms with E-state index < -0.39 is 0 Å². The summed E-state index contributed by atoms with van der Waals surface area (Å²) in [6.45, 7) is 10.6. The Morgan fingerprint density at radius 1 is 1.26 bits per heavy atom. The van der Waals surface area contributed by atoms with Crippen LogP contribution in [0.5, 0.6) is 0 Å². The van der Waals surface area contributed by atoms with Crippen molar-refractivity contribution in [2.24, 2.45) is 5.92 Å². The predicted octanol–water partition coefficient (Wildman–Crippen LogP) is 4.40. The van der Waals surface area contributed by atoms with Crippen LogP contribution < -0.4 is 5.32 Å². The molecule has 0 aromatic carbocycles. The van der Waals surface area contributed by atoms with Crippen LogP contribution in [-0.4, -0.2) is 5.16 Å². The number of hydrogen-bond donors (Lipinski definition) is 1. The van der Waals surface area contributed by atoms with Gasteiger partial charge in [-0.15, -0.1) is 11.3 Å². The highest BCUT2D eigenvalue weighted by atomic mass is 32.1. The number of thiophene rings is 1. The van der Waals surface area contributed by atoms with Gasteiger partial charge in [0, 0.05) is 22.5 Å². The molecule has 0 spiro atoms. The lowest BCUT2D eigenvalue weighted by Gasteiger charge is -2.25. The van der Waals surface area contributed by atoms with Crippen LogP contribution in [0.2, 0.25) is 0 Å². The summed E-state index contributed by atoms with van der Waals surface area (Å²) in [6.07, 6.45) is 0. The molecule has 0 radical (unpaired) electrons. The van der Waals surface area contributed by atoms with Crippen molar-refractivity contribution in [1.29, 1.82) is 0 Å². The summed E-state index contributed by atoms with van der Waals surface area (Å²) in [5.74, 6) is 1.45. The molecule has 0 saturated carbocycles. The van der Waals surface area contributed by atoms with Gasteiger partial charge in [0.15, 0.2) is 0 Å². The fraction of sp³-hybridized carbons (Fsp3) is 0.533. The van der Waals surface area contributed by atoms with Gasteiger partial charge in [-0.2, -0.15) is 0 Å². The largest absolute Gasteiger partial charge is 0.361 e. The molecule has 2 unspecified atom stereocenters. The van der Waals surface area contributed by atoms with E-state index in [1.807, 2.05) is 13.8 Å². The van der Waals surface area contributed by atoms with Gasteiger partial charge in [-0.25, -0.2) is 0 Å². The average Bonchev–Trinajstić information content (AvgIpc) is 2.96. The molecule has 4 heteroatoms. The van der Waals surface area contributed by atoms with Crippen molar-refractivity contribution in [3.05, 3.63) is 39.4 Å². The van der Waals surface area contributed by atoms with E-state index in [0.717, 1.165) is 11.5 Å². The van der Waals surface area contributed by atoms with E-state index in [0.29, 0.717) is 12.0 Å². The van der Waals surface area contributed by atoms with Crippen LogP contribution in [0.15, 0.2) is 22.0 Å². The third-order valence-corrected chi connectivity index (χ3v) is 4.42. The fourth-order valence-electron chi connectivity index (χ4n) is 2.53. The monoisotopic (exact) mass is 278 g/mol. The van der Waals surface area contributed by atoms with E-state index >= 15 is 0 Å². The molecule has 2 heterocycles. The molecular formula is C15H22N2OS. The minimum absolute atomic E-state index is 0.237. The van der Waals surface area contributed by atoms with Gasteiger partial charge < -0.3 is 9.84 Å². The van der Waals surface area contributed by atoms with E-state index in [4.69, 9.17) is 4.52 Å². The van der Waals surface area contributed by atoms with E-state index in [9.17, 15) is 0 Å². The minimum atomic E-state index is 0.237. The van der Waals surface area contributed by atoms with Gasteiger partial charge in [-0.3, -0.25) is 0 Å². The number of rotatable bonds is 5. The smallest absolute Gasteiger partial charge is 0.138 e. The Bertz CT molecular complexity index is 497. The van der Waals surface area contributed by atoms with Gasteiger partial charge in [0.05, 0.1) is 5.69 Å². The maximum Gasteiger partial charge on any atom is 0.138 e. The second kappa shape index (κ2) is 5.88. The normalized spacial score (nSPS) is 14.8. The number of nitrogens with one attached hydrogen (secondary N) is 1. The molecule has 0 aliphatic carbocycles. The second-order valence-electron chi connectivity index (χ2n) is 5.36. The van der Waals surface area contributed by atoms with Gasteiger partial charge in [0.25, 0.3) is 0 Å². The quantitative estimate of drug-likeness (QED) is 0.881. The predicted molar refractivity (Wildman–Crippen MR) is 79.4 cm³/mol. The number of aromatic nitrogens is 1. The average molecular weight is 278 g/mol. The Labute approximate surface area is 119 Å². The van der Waals surface area contributed by atoms with Crippen molar-refractivity contribution in [2.75, 3.05) is 0 Å². The van der Waals surface area contributed by atoms with Gasteiger partial charge in [0.1, 0.15) is 5.76 Å². The van der Waals surface area contributed by atoms with Crippen molar-refractivity contribution >= 4 is 11.3 Å². The third-order valence-electron chi connectivity index (χ3n) is 3.47. The fourth-order valence-corrected chi connectivity index (χ4v) is 3.49. The van der Waals surface area contributed by atoms with Crippen molar-refractivity contribution in [3.8, 4) is 0 Å². The molecule has 0 bridgehead atoms. The van der Waals surface area contributed by atoms with Crippen molar-refractivity contribution < 1.29 is 4.52 Å². The molecule has 19 heavy (non-hydrogen) atoms. The van der Waals surface area contributed by atoms with Crippen LogP contribution in [0.4, 0.5) is 0 Å². The van der Waals surface area contributed by atoms with Crippen molar-refractivity contribution in [3.63, 3.8) is 0 Å². The first kappa shape index (κ1) is 14.3. The lowest BCUT2D eigenvalue weighted by atomic mass is 9.99. The summed E-state index contributed by atoms with van der Waals surface area (Å²) in [7, 11) is 0. The van der Waals surface area contributed by atoms with Crippen LogP contribution in [0.25, 0.3) is 0 Å². The summed E-state index contributed by atoms with van der Waals surface area (Å²) in [5.41, 5.74) is 2.16. The molecule has 0 aliphatic heterocycles. The topological polar surface area (TPSA) is 38.1 Å². The highest BCUT2D eigenvalue weighted by Crippen LogP contribution is 2.30. The molecule has 2 aromatic rings. The zero-order valence-electron chi connectivity index (χ0n) is 12.2. The summed E-state index contributed by atoms with van der Waals surface area (Å²) in [5, 5.41) is 9.88. The molecule has 2 atom stereocenters. The molecule has 0 aliphatic rings. The van der Waals surface area contributed by atoms with E-state index in [-0.39, 0.29) is 6.04 Å². The van der Waals surface area contributed by atoms with Gasteiger partial charge in [0.2, 0.25) is 0 Å². The van der Waals surface area contributed by atoms with Crippen LogP contribution in [-0.2, 0) is 0 Å². The summed E-state index contributed by atoms with van der Waals surface area (Å²) >= 11 is 1.81. The molecule has 3 nitrogen and oxygen atoms in total. The first-order valence-corrected chi connectivity index (χ1v) is 7.61. The molecule has 2 aromatic heterocycles. The SMILES string of the molecule is Cc1noc(C)c1C(C)NC(c1cccs1)C(C)C. The van der Waals surface area contributed by atoms with E-state index in [1.54, 1.807) is 11.3 Å². The van der Waals surface area contributed by atoms with Crippen LogP contribution in [0.3, 0.4) is 0 Å². The van der Waals surface area contributed by atoms with Crippen LogP contribution in [0.1, 0.15) is 54.7 Å². The maximum atomic E-state index is 5.26. The molecule has 0 fully saturated rings. The molecule has 2 rings (SSSR count). The van der Waals surface area contributed by atoms with Crippen molar-refractivity contribution in [2.45, 2.75) is 46.7 Å². The van der Waals surface area contributed by atoms with E-state index in [2.05, 4.69) is 48.8 Å². The standard InChI is InChI=1S/C15H22N2OS/c1-9(2)15(13-7-6-8-19-13)16-10(3)14-11(4)17-18-12(14)5/h6-10,15-16H,1-5H3. The Hall–Kier alpha value is -1.13. The lowest BCUT2D eigenvalue weighted by molar-refractivity contribution is 0.370. The lowest BCUT2D eigenvalue weighted by Crippen LogP contribution is -2.28. The first-order valence-electron chi connectivity index (χ1n) is 6.73.